The highest BCUT2D eigenvalue weighted by atomic mass is 16.5. The van der Waals surface area contributed by atoms with Crippen molar-refractivity contribution >= 4 is 17.8 Å². The van der Waals surface area contributed by atoms with Crippen molar-refractivity contribution < 1.29 is 29.0 Å². The Morgan fingerprint density at radius 3 is 2.07 bits per heavy atom. The number of rotatable bonds is 5. The molecule has 0 aromatic rings. The van der Waals surface area contributed by atoms with Crippen molar-refractivity contribution in [2.45, 2.75) is 59.8 Å². The maximum atomic E-state index is 11.6. The second kappa shape index (κ2) is 11.8. The van der Waals surface area contributed by atoms with Gasteiger partial charge in [-0.2, -0.15) is 0 Å². The fraction of sp³-hybridized carbons (Fsp3) is 0.762. The Bertz CT molecular complexity index is 545. The molecule has 162 valence electrons. The average molecular weight is 400 g/mol. The Kier molecular flexibility index (Phi) is 11.0. The van der Waals surface area contributed by atoms with E-state index in [1.807, 2.05) is 27.7 Å². The van der Waals surface area contributed by atoms with Gasteiger partial charge in [0.05, 0.1) is 18.6 Å². The maximum absolute atomic E-state index is 11.6. The van der Waals surface area contributed by atoms with Crippen LogP contribution in [0.15, 0.2) is 12.2 Å². The van der Waals surface area contributed by atoms with E-state index in [0.717, 1.165) is 19.3 Å². The maximum Gasteiger partial charge on any atom is 0.333 e. The summed E-state index contributed by atoms with van der Waals surface area (Å²) in [6.45, 7) is 12.5. The predicted molar refractivity (Wildman–Crippen MR) is 107 cm³/mol. The van der Waals surface area contributed by atoms with Crippen molar-refractivity contribution in [1.29, 1.82) is 0 Å². The average Bonchev–Trinajstić information content (AvgIpc) is 3.20. The molecule has 2 unspecified atom stereocenters. The van der Waals surface area contributed by atoms with Crippen LogP contribution in [0.25, 0.3) is 0 Å². The highest BCUT2D eigenvalue weighted by molar-refractivity contribution is 5.89. The summed E-state index contributed by atoms with van der Waals surface area (Å²) in [5.74, 6) is -0.163. The van der Waals surface area contributed by atoms with Gasteiger partial charge in [0.15, 0.2) is 0 Å². The van der Waals surface area contributed by atoms with E-state index in [4.69, 9.17) is 9.84 Å². The van der Waals surface area contributed by atoms with Crippen LogP contribution in [0.1, 0.15) is 59.8 Å². The number of cyclic esters (lactones) is 2. The zero-order chi connectivity index (χ0) is 22.0. The molecule has 7 heteroatoms. The summed E-state index contributed by atoms with van der Waals surface area (Å²) in [7, 11) is 3.49. The lowest BCUT2D eigenvalue weighted by Crippen LogP contribution is -2.38. The number of nitrogens with zero attached hydrogens (tertiary/aromatic N) is 1. The van der Waals surface area contributed by atoms with Crippen molar-refractivity contribution in [1.82, 2.24) is 4.90 Å². The standard InChI is InChI=1S/C9H19NO2.C7H12O2.C5H6O2/c1-5-9(2,6-7-11)8(12)10(3)4;1-3-7(2)4-5-9-6(7)8;1-4-2-3-7-5(4)6/h11H,5-7H2,1-4H3;3-5H2,1-2H3;1-3H2. The highest BCUT2D eigenvalue weighted by Gasteiger charge is 2.37. The van der Waals surface area contributed by atoms with Crippen LogP contribution >= 0.6 is 0 Å². The molecule has 2 rings (SSSR count). The van der Waals surface area contributed by atoms with Gasteiger partial charge in [-0.05, 0) is 32.6 Å². The number of hydrogen-bond donors (Lipinski definition) is 1. The molecule has 1 N–H and O–H groups in total. The van der Waals surface area contributed by atoms with Crippen LogP contribution < -0.4 is 0 Å². The minimum Gasteiger partial charge on any atom is -0.465 e. The van der Waals surface area contributed by atoms with Crippen LogP contribution in [0, 0.1) is 10.8 Å². The van der Waals surface area contributed by atoms with Gasteiger partial charge in [-0.3, -0.25) is 9.59 Å². The van der Waals surface area contributed by atoms with E-state index in [2.05, 4.69) is 11.3 Å². The zero-order valence-corrected chi connectivity index (χ0v) is 18.3. The number of hydrogen-bond acceptors (Lipinski definition) is 6. The van der Waals surface area contributed by atoms with Crippen LogP contribution in [0.3, 0.4) is 0 Å². The van der Waals surface area contributed by atoms with Gasteiger partial charge < -0.3 is 19.5 Å². The largest absolute Gasteiger partial charge is 0.465 e. The first-order chi connectivity index (χ1) is 13.0. The third kappa shape index (κ3) is 7.62. The van der Waals surface area contributed by atoms with Gasteiger partial charge >= 0.3 is 11.9 Å². The Morgan fingerprint density at radius 1 is 1.25 bits per heavy atom. The van der Waals surface area contributed by atoms with Crippen LogP contribution in [0.4, 0.5) is 0 Å². The summed E-state index contributed by atoms with van der Waals surface area (Å²) in [6.07, 6.45) is 3.80. The van der Waals surface area contributed by atoms with Crippen LogP contribution in [-0.2, 0) is 23.9 Å². The van der Waals surface area contributed by atoms with E-state index in [1.54, 1.807) is 19.0 Å². The lowest BCUT2D eigenvalue weighted by Gasteiger charge is -2.29. The predicted octanol–water partition coefficient (Wildman–Crippen LogP) is 2.71. The smallest absolute Gasteiger partial charge is 0.333 e. The summed E-state index contributed by atoms with van der Waals surface area (Å²) in [5, 5.41) is 8.79. The molecule has 2 fully saturated rings. The second-order valence-electron chi connectivity index (χ2n) is 7.88. The number of ether oxygens (including phenoxy) is 2. The molecule has 2 atom stereocenters. The van der Waals surface area contributed by atoms with Gasteiger partial charge in [0, 0.05) is 38.1 Å². The molecule has 0 radical (unpaired) electrons. The van der Waals surface area contributed by atoms with E-state index >= 15 is 0 Å². The first-order valence-electron chi connectivity index (χ1n) is 9.82. The molecule has 0 aliphatic carbocycles. The molecular weight excluding hydrogens is 362 g/mol. The van der Waals surface area contributed by atoms with Crippen molar-refractivity contribution in [2.75, 3.05) is 33.9 Å². The monoisotopic (exact) mass is 399 g/mol. The van der Waals surface area contributed by atoms with E-state index in [1.165, 1.54) is 0 Å². The molecule has 0 bridgehead atoms. The number of aliphatic hydroxyl groups is 1. The summed E-state index contributed by atoms with van der Waals surface area (Å²) in [5.41, 5.74) is 0.0399. The number of carbonyl (C=O) groups excluding carboxylic acids is 3. The molecule has 0 aromatic carbocycles. The molecule has 2 aliphatic heterocycles. The molecule has 2 saturated heterocycles. The highest BCUT2D eigenvalue weighted by Crippen LogP contribution is 2.32. The van der Waals surface area contributed by atoms with Gasteiger partial charge in [0.25, 0.3) is 0 Å². The van der Waals surface area contributed by atoms with Gasteiger partial charge in [0.2, 0.25) is 5.91 Å². The van der Waals surface area contributed by atoms with Gasteiger partial charge in [0.1, 0.15) is 0 Å². The number of esters is 2. The van der Waals surface area contributed by atoms with Gasteiger partial charge in [-0.1, -0.05) is 27.4 Å². The molecule has 2 heterocycles. The molecule has 28 heavy (non-hydrogen) atoms. The first-order valence-corrected chi connectivity index (χ1v) is 9.82. The second-order valence-corrected chi connectivity index (χ2v) is 7.88. The Labute approximate surface area is 169 Å². The Balaban J connectivity index is 0.000000404. The minimum absolute atomic E-state index is 0.0231. The molecule has 7 nitrogen and oxygen atoms in total. The van der Waals surface area contributed by atoms with Crippen molar-refractivity contribution in [3.8, 4) is 0 Å². The third-order valence-electron chi connectivity index (χ3n) is 5.45. The van der Waals surface area contributed by atoms with Crippen LogP contribution in [0.2, 0.25) is 0 Å². The van der Waals surface area contributed by atoms with E-state index in [-0.39, 0.29) is 29.9 Å². The Hall–Kier alpha value is -1.89. The molecule has 0 aromatic heterocycles. The van der Waals surface area contributed by atoms with Gasteiger partial charge in [-0.15, -0.1) is 0 Å². The molecule has 0 spiro atoms. The molecular formula is C21H37NO6. The normalized spacial score (nSPS) is 22.8. The summed E-state index contributed by atoms with van der Waals surface area (Å²) in [4.78, 5) is 34.3. The Morgan fingerprint density at radius 2 is 1.86 bits per heavy atom. The fourth-order valence-electron chi connectivity index (χ4n) is 2.66. The topological polar surface area (TPSA) is 93.1 Å². The molecule has 2 aliphatic rings. The number of carbonyl (C=O) groups is 3. The molecule has 1 amide bonds. The lowest BCUT2D eigenvalue weighted by molar-refractivity contribution is -0.145. The summed E-state index contributed by atoms with van der Waals surface area (Å²) >= 11 is 0. The summed E-state index contributed by atoms with van der Waals surface area (Å²) in [6, 6.07) is 0. The van der Waals surface area contributed by atoms with Crippen molar-refractivity contribution in [3.63, 3.8) is 0 Å². The number of amides is 1. The number of aliphatic hydroxyl groups excluding tert-OH is 1. The van der Waals surface area contributed by atoms with Crippen LogP contribution in [0.5, 0.6) is 0 Å². The molecule has 0 saturated carbocycles. The van der Waals surface area contributed by atoms with Crippen LogP contribution in [-0.4, -0.2) is 61.8 Å². The van der Waals surface area contributed by atoms with Gasteiger partial charge in [-0.25, -0.2) is 4.79 Å². The quantitative estimate of drug-likeness (QED) is 0.564. The third-order valence-corrected chi connectivity index (χ3v) is 5.45. The van der Waals surface area contributed by atoms with Crippen molar-refractivity contribution in [3.05, 3.63) is 12.2 Å². The lowest BCUT2D eigenvalue weighted by atomic mass is 9.83. The summed E-state index contributed by atoms with van der Waals surface area (Å²) < 4.78 is 9.35. The van der Waals surface area contributed by atoms with E-state index in [9.17, 15) is 14.4 Å². The fourth-order valence-corrected chi connectivity index (χ4v) is 2.66. The first kappa shape index (κ1) is 26.1. The zero-order valence-electron chi connectivity index (χ0n) is 18.3. The van der Waals surface area contributed by atoms with Crippen molar-refractivity contribution in [2.24, 2.45) is 10.8 Å². The van der Waals surface area contributed by atoms with E-state index < -0.39 is 5.41 Å². The minimum atomic E-state index is -0.391. The van der Waals surface area contributed by atoms with E-state index in [0.29, 0.717) is 31.6 Å². The SMILES string of the molecule is C=C1CCOC1=O.CCC(C)(CCO)C(=O)N(C)C.CCC1(C)CCOC1=O.